The molecule has 0 saturated heterocycles. The normalized spacial score (nSPS) is 9.00. The molecule has 0 fully saturated rings. The highest BCUT2D eigenvalue weighted by molar-refractivity contribution is 7.32. The highest BCUT2D eigenvalue weighted by atomic mass is 31.1. The van der Waals surface area contributed by atoms with E-state index in [4.69, 9.17) is 10.6 Å². The Hall–Kier alpha value is -0.280. The van der Waals surface area contributed by atoms with Crippen molar-refractivity contribution >= 4 is 8.25 Å². The maximum Gasteiger partial charge on any atom is 0.694 e. The maximum atomic E-state index is 9.29. The Balaban J connectivity index is 0. The highest BCUT2D eigenvalue weighted by Crippen LogP contribution is 2.09. The summed E-state index contributed by atoms with van der Waals surface area (Å²) in [5, 5.41) is 0. The van der Waals surface area contributed by atoms with E-state index in [1.165, 1.54) is 7.11 Å². The van der Waals surface area contributed by atoms with E-state index in [1.54, 1.807) is 6.08 Å². The summed E-state index contributed by atoms with van der Waals surface area (Å²) >= 11 is 0. The lowest BCUT2D eigenvalue weighted by atomic mass is 10.7. The predicted molar refractivity (Wildman–Crippen MR) is 36.1 cm³/mol. The molecule has 0 aliphatic rings. The zero-order valence-electron chi connectivity index (χ0n) is 5.28. The number of nitrogens with two attached hydrogens (primary N) is 1. The molecule has 0 aliphatic heterocycles. The predicted octanol–water partition coefficient (Wildman–Crippen LogP) is 0.414. The summed E-state index contributed by atoms with van der Waals surface area (Å²) in [4.78, 5) is 7.65. The second-order valence-electron chi connectivity index (χ2n) is 0.945. The van der Waals surface area contributed by atoms with Crippen LogP contribution in [0, 0.1) is 0 Å². The third-order valence-electron chi connectivity index (χ3n) is 0.323. The van der Waals surface area contributed by atoms with Crippen LogP contribution in [0.2, 0.25) is 0 Å². The SMILES string of the molecule is C=CCN.CO[P+](=O)O. The molecule has 0 heterocycles. The molecule has 0 radical (unpaired) electrons. The zero-order valence-corrected chi connectivity index (χ0v) is 6.17. The van der Waals surface area contributed by atoms with Crippen molar-refractivity contribution < 1.29 is 14.0 Å². The Labute approximate surface area is 55.3 Å². The van der Waals surface area contributed by atoms with E-state index in [2.05, 4.69) is 11.1 Å². The molecule has 0 spiro atoms. The summed E-state index contributed by atoms with van der Waals surface area (Å²) < 4.78 is 13.1. The lowest BCUT2D eigenvalue weighted by molar-refractivity contribution is 0.343. The van der Waals surface area contributed by atoms with Crippen molar-refractivity contribution in [1.82, 2.24) is 0 Å². The minimum absolute atomic E-state index is 0.583. The summed E-state index contributed by atoms with van der Waals surface area (Å²) in [5.41, 5.74) is 4.91. The zero-order chi connectivity index (χ0) is 7.70. The van der Waals surface area contributed by atoms with Crippen LogP contribution in [0.15, 0.2) is 12.7 Å². The van der Waals surface area contributed by atoms with Crippen LogP contribution in [0.3, 0.4) is 0 Å². The van der Waals surface area contributed by atoms with Crippen LogP contribution in [0.1, 0.15) is 0 Å². The van der Waals surface area contributed by atoms with Crippen molar-refractivity contribution in [2.24, 2.45) is 5.73 Å². The molecular weight excluding hydrogens is 141 g/mol. The van der Waals surface area contributed by atoms with Crippen LogP contribution in [-0.2, 0) is 9.09 Å². The fraction of sp³-hybridized carbons (Fsp3) is 0.500. The van der Waals surface area contributed by atoms with E-state index >= 15 is 0 Å². The lowest BCUT2D eigenvalue weighted by Gasteiger charge is -1.61. The third kappa shape index (κ3) is 34.1. The summed E-state index contributed by atoms with van der Waals surface area (Å²) in [6.45, 7) is 3.94. The van der Waals surface area contributed by atoms with E-state index in [1.807, 2.05) is 0 Å². The van der Waals surface area contributed by atoms with Gasteiger partial charge in [0.2, 0.25) is 0 Å². The van der Waals surface area contributed by atoms with Gasteiger partial charge in [0.15, 0.2) is 0 Å². The van der Waals surface area contributed by atoms with Gasteiger partial charge in [0.1, 0.15) is 0 Å². The van der Waals surface area contributed by atoms with Gasteiger partial charge in [0, 0.05) is 11.1 Å². The van der Waals surface area contributed by atoms with Crippen LogP contribution in [-0.4, -0.2) is 18.5 Å². The van der Waals surface area contributed by atoms with E-state index < -0.39 is 8.25 Å². The molecule has 1 atom stereocenters. The molecule has 0 aromatic rings. The molecule has 0 rings (SSSR count). The third-order valence-corrected chi connectivity index (χ3v) is 0.635. The maximum absolute atomic E-state index is 9.29. The van der Waals surface area contributed by atoms with Crippen LogP contribution < -0.4 is 5.73 Å². The average molecular weight is 152 g/mol. The second-order valence-corrected chi connectivity index (χ2v) is 1.79. The average Bonchev–Trinajstić information content (AvgIpc) is 1.89. The minimum Gasteiger partial charge on any atom is -0.327 e. The standard InChI is InChI=1S/C3H7N.CH3O3P/c1-2-3-4;1-4-5(2)3/h2H,1,3-4H2;1H3/p+1. The molecular formula is C4H11NO3P+. The lowest BCUT2D eigenvalue weighted by Crippen LogP contribution is -1.90. The Morgan fingerprint density at radius 2 is 2.22 bits per heavy atom. The van der Waals surface area contributed by atoms with Crippen molar-refractivity contribution in [3.05, 3.63) is 12.7 Å². The van der Waals surface area contributed by atoms with Gasteiger partial charge in [-0.3, -0.25) is 0 Å². The number of rotatable bonds is 2. The molecule has 0 bridgehead atoms. The molecule has 0 aromatic carbocycles. The topological polar surface area (TPSA) is 72.5 Å². The van der Waals surface area contributed by atoms with Gasteiger partial charge >= 0.3 is 8.25 Å². The van der Waals surface area contributed by atoms with Crippen LogP contribution >= 0.6 is 8.25 Å². The molecule has 0 aliphatic carbocycles. The van der Waals surface area contributed by atoms with Gasteiger partial charge in [-0.1, -0.05) is 6.08 Å². The van der Waals surface area contributed by atoms with E-state index in [-0.39, 0.29) is 0 Å². The molecule has 0 amide bonds. The first-order valence-corrected chi connectivity index (χ1v) is 3.33. The van der Waals surface area contributed by atoms with Crippen molar-refractivity contribution in [3.8, 4) is 0 Å². The first-order valence-electron chi connectivity index (χ1n) is 2.20. The van der Waals surface area contributed by atoms with Crippen LogP contribution in [0.4, 0.5) is 0 Å². The van der Waals surface area contributed by atoms with Crippen molar-refractivity contribution in [2.45, 2.75) is 0 Å². The van der Waals surface area contributed by atoms with E-state index in [0.29, 0.717) is 6.54 Å². The summed E-state index contributed by atoms with van der Waals surface area (Å²) in [6.07, 6.45) is 1.65. The van der Waals surface area contributed by atoms with E-state index in [0.717, 1.165) is 0 Å². The fourth-order valence-corrected chi connectivity index (χ4v) is 0. The van der Waals surface area contributed by atoms with Gasteiger partial charge in [0.25, 0.3) is 0 Å². The Morgan fingerprint density at radius 3 is 2.22 bits per heavy atom. The van der Waals surface area contributed by atoms with Gasteiger partial charge in [-0.15, -0.1) is 16.0 Å². The quantitative estimate of drug-likeness (QED) is 0.444. The molecule has 1 unspecified atom stereocenters. The largest absolute Gasteiger partial charge is 0.694 e. The van der Waals surface area contributed by atoms with E-state index in [9.17, 15) is 4.57 Å². The van der Waals surface area contributed by atoms with Gasteiger partial charge in [-0.2, -0.15) is 0 Å². The first-order chi connectivity index (χ1) is 4.18. The Kier molecular flexibility index (Phi) is 13.6. The monoisotopic (exact) mass is 152 g/mol. The van der Waals surface area contributed by atoms with Crippen molar-refractivity contribution in [2.75, 3.05) is 13.7 Å². The number of hydrogen-bond acceptors (Lipinski definition) is 3. The smallest absolute Gasteiger partial charge is 0.327 e. The molecule has 3 N–H and O–H groups in total. The molecule has 0 saturated carbocycles. The molecule has 54 valence electrons. The van der Waals surface area contributed by atoms with Crippen molar-refractivity contribution in [3.63, 3.8) is 0 Å². The first kappa shape index (κ1) is 11.5. The Morgan fingerprint density at radius 1 is 2.00 bits per heavy atom. The molecule has 5 heteroatoms. The Bertz CT molecular complexity index is 85.9. The van der Waals surface area contributed by atoms with Gasteiger partial charge in [-0.05, 0) is 0 Å². The highest BCUT2D eigenvalue weighted by Gasteiger charge is 2.02. The summed E-state index contributed by atoms with van der Waals surface area (Å²) in [5.74, 6) is 0. The molecule has 4 nitrogen and oxygen atoms in total. The minimum atomic E-state index is -2.35. The summed E-state index contributed by atoms with van der Waals surface area (Å²) in [7, 11) is -1.18. The van der Waals surface area contributed by atoms with Gasteiger partial charge in [-0.25, -0.2) is 0 Å². The fourth-order valence-electron chi connectivity index (χ4n) is 0. The van der Waals surface area contributed by atoms with Crippen molar-refractivity contribution in [1.29, 1.82) is 0 Å². The summed E-state index contributed by atoms with van der Waals surface area (Å²) in [6, 6.07) is 0. The van der Waals surface area contributed by atoms with Crippen LogP contribution in [0.25, 0.3) is 0 Å². The van der Waals surface area contributed by atoms with Gasteiger partial charge in [0.05, 0.1) is 7.11 Å². The second kappa shape index (κ2) is 10.7. The van der Waals surface area contributed by atoms with Crippen LogP contribution in [0.5, 0.6) is 0 Å². The van der Waals surface area contributed by atoms with Gasteiger partial charge < -0.3 is 5.73 Å². The molecule has 0 aromatic heterocycles. The number of hydrogen-bond donors (Lipinski definition) is 2. The molecule has 9 heavy (non-hydrogen) atoms.